The Balaban J connectivity index is 1.72. The number of anilines is 1. The van der Waals surface area contributed by atoms with Crippen LogP contribution in [-0.2, 0) is 11.3 Å². The van der Waals surface area contributed by atoms with Crippen molar-refractivity contribution >= 4 is 38.9 Å². The van der Waals surface area contributed by atoms with E-state index in [0.29, 0.717) is 0 Å². The van der Waals surface area contributed by atoms with Gasteiger partial charge in [-0.3, -0.25) is 4.79 Å². The van der Waals surface area contributed by atoms with E-state index in [2.05, 4.69) is 53.9 Å². The summed E-state index contributed by atoms with van der Waals surface area (Å²) in [6, 6.07) is 12.6. The topological polar surface area (TPSA) is 63.1 Å². The molecule has 0 aliphatic carbocycles. The molecule has 3 aromatic rings. The van der Waals surface area contributed by atoms with Crippen LogP contribution in [0.5, 0.6) is 0 Å². The van der Waals surface area contributed by atoms with Gasteiger partial charge in [-0.25, -0.2) is 4.98 Å². The Morgan fingerprint density at radius 2 is 2.15 bits per heavy atom. The third-order valence-electron chi connectivity index (χ3n) is 4.61. The summed E-state index contributed by atoms with van der Waals surface area (Å²) in [6.45, 7) is 3.92. The molecule has 1 amide bonds. The zero-order valence-electron chi connectivity index (χ0n) is 14.5. The van der Waals surface area contributed by atoms with Crippen molar-refractivity contribution < 1.29 is 4.79 Å². The minimum atomic E-state index is 0.0141. The third-order valence-corrected chi connectivity index (χ3v) is 5.05. The maximum absolute atomic E-state index is 11.4. The van der Waals surface area contributed by atoms with Crippen molar-refractivity contribution in [3.05, 3.63) is 52.6 Å². The zero-order chi connectivity index (χ0) is 18.1. The Morgan fingerprint density at radius 3 is 2.92 bits per heavy atom. The summed E-state index contributed by atoms with van der Waals surface area (Å²) in [6.07, 6.45) is 2.70. The summed E-state index contributed by atoms with van der Waals surface area (Å²) in [5, 5.41) is 3.01. The van der Waals surface area contributed by atoms with Crippen LogP contribution in [0.25, 0.3) is 11.2 Å². The Morgan fingerprint density at radius 1 is 1.35 bits per heavy atom. The van der Waals surface area contributed by atoms with Crippen molar-refractivity contribution in [2.75, 3.05) is 18.0 Å². The molecule has 1 fully saturated rings. The van der Waals surface area contributed by atoms with Gasteiger partial charge in [-0.15, -0.1) is 0 Å². The standard InChI is InChI=1S/C19H20BrN5O/c1-13(26)22-16-7-8-24(12-16)19-23-18-17(9-15(20)10-21-18)25(19)11-14-5-3-2-4-6-14/h2-6,9-10,16H,7-8,11-12H2,1H3,(H,22,26)/t16-/m1/s1. The van der Waals surface area contributed by atoms with E-state index in [1.165, 1.54) is 5.56 Å². The first-order valence-corrected chi connectivity index (χ1v) is 9.47. The van der Waals surface area contributed by atoms with E-state index in [0.717, 1.165) is 47.6 Å². The maximum Gasteiger partial charge on any atom is 0.217 e. The van der Waals surface area contributed by atoms with Crippen LogP contribution in [0.1, 0.15) is 18.9 Å². The highest BCUT2D eigenvalue weighted by molar-refractivity contribution is 9.10. The first-order chi connectivity index (χ1) is 12.6. The largest absolute Gasteiger partial charge is 0.352 e. The Labute approximate surface area is 160 Å². The molecule has 134 valence electrons. The molecule has 1 saturated heterocycles. The minimum absolute atomic E-state index is 0.0141. The molecule has 1 N–H and O–H groups in total. The van der Waals surface area contributed by atoms with Gasteiger partial charge in [0, 0.05) is 36.7 Å². The lowest BCUT2D eigenvalue weighted by atomic mass is 10.2. The lowest BCUT2D eigenvalue weighted by Gasteiger charge is -2.19. The Bertz CT molecular complexity index is 940. The summed E-state index contributed by atoms with van der Waals surface area (Å²) < 4.78 is 3.14. The number of hydrogen-bond acceptors (Lipinski definition) is 4. The van der Waals surface area contributed by atoms with Gasteiger partial charge in [0.1, 0.15) is 0 Å². The van der Waals surface area contributed by atoms with Crippen molar-refractivity contribution in [1.82, 2.24) is 19.9 Å². The van der Waals surface area contributed by atoms with E-state index in [-0.39, 0.29) is 11.9 Å². The number of pyridine rings is 1. The van der Waals surface area contributed by atoms with Gasteiger partial charge < -0.3 is 14.8 Å². The number of rotatable bonds is 4. The highest BCUT2D eigenvalue weighted by Crippen LogP contribution is 2.27. The molecule has 0 spiro atoms. The number of fused-ring (bicyclic) bond motifs is 1. The molecule has 7 heteroatoms. The molecule has 1 aliphatic rings. The van der Waals surface area contributed by atoms with Gasteiger partial charge in [-0.2, -0.15) is 4.98 Å². The average molecular weight is 414 g/mol. The fraction of sp³-hybridized carbons (Fsp3) is 0.316. The highest BCUT2D eigenvalue weighted by Gasteiger charge is 2.27. The van der Waals surface area contributed by atoms with E-state index in [4.69, 9.17) is 4.98 Å². The number of carbonyl (C=O) groups excluding carboxylic acids is 1. The van der Waals surface area contributed by atoms with Gasteiger partial charge >= 0.3 is 0 Å². The van der Waals surface area contributed by atoms with Crippen LogP contribution in [0.15, 0.2) is 47.1 Å². The van der Waals surface area contributed by atoms with Crippen LogP contribution in [0.3, 0.4) is 0 Å². The first-order valence-electron chi connectivity index (χ1n) is 8.68. The fourth-order valence-corrected chi connectivity index (χ4v) is 3.80. The second-order valence-corrected chi connectivity index (χ2v) is 7.53. The van der Waals surface area contributed by atoms with E-state index in [1.807, 2.05) is 18.2 Å². The van der Waals surface area contributed by atoms with E-state index >= 15 is 0 Å². The normalized spacial score (nSPS) is 17.0. The second-order valence-electron chi connectivity index (χ2n) is 6.61. The molecule has 2 aromatic heterocycles. The molecular weight excluding hydrogens is 394 g/mol. The predicted octanol–water partition coefficient (Wildman–Crippen LogP) is 2.96. The molecular formula is C19H20BrN5O. The molecule has 4 rings (SSSR count). The summed E-state index contributed by atoms with van der Waals surface area (Å²) in [7, 11) is 0. The van der Waals surface area contributed by atoms with Gasteiger partial charge in [0.05, 0.1) is 12.1 Å². The lowest BCUT2D eigenvalue weighted by Crippen LogP contribution is -2.36. The number of nitrogens with one attached hydrogen (secondary N) is 1. The smallest absolute Gasteiger partial charge is 0.217 e. The molecule has 1 atom stereocenters. The summed E-state index contributed by atoms with van der Waals surface area (Å²) >= 11 is 3.52. The van der Waals surface area contributed by atoms with Crippen LogP contribution in [-0.4, -0.2) is 39.6 Å². The first kappa shape index (κ1) is 17.0. The predicted molar refractivity (Wildman–Crippen MR) is 105 cm³/mol. The molecule has 1 aromatic carbocycles. The number of benzene rings is 1. The van der Waals surface area contributed by atoms with Crippen LogP contribution in [0.2, 0.25) is 0 Å². The number of aromatic nitrogens is 3. The summed E-state index contributed by atoms with van der Waals surface area (Å²) in [5.41, 5.74) is 2.95. The second kappa shape index (κ2) is 7.07. The molecule has 0 bridgehead atoms. The molecule has 1 aliphatic heterocycles. The number of nitrogens with zero attached hydrogens (tertiary/aromatic N) is 4. The number of amides is 1. The number of carbonyl (C=O) groups is 1. The molecule has 26 heavy (non-hydrogen) atoms. The number of imidazole rings is 1. The minimum Gasteiger partial charge on any atom is -0.352 e. The van der Waals surface area contributed by atoms with Crippen LogP contribution in [0.4, 0.5) is 5.95 Å². The van der Waals surface area contributed by atoms with Crippen molar-refractivity contribution in [3.8, 4) is 0 Å². The summed E-state index contributed by atoms with van der Waals surface area (Å²) in [5.74, 6) is 0.919. The van der Waals surface area contributed by atoms with E-state index in [1.54, 1.807) is 13.1 Å². The van der Waals surface area contributed by atoms with E-state index in [9.17, 15) is 4.79 Å². The van der Waals surface area contributed by atoms with Gasteiger partial charge in [-0.1, -0.05) is 30.3 Å². The lowest BCUT2D eigenvalue weighted by molar-refractivity contribution is -0.119. The molecule has 0 saturated carbocycles. The molecule has 3 heterocycles. The van der Waals surface area contributed by atoms with Crippen LogP contribution < -0.4 is 10.2 Å². The zero-order valence-corrected chi connectivity index (χ0v) is 16.1. The van der Waals surface area contributed by atoms with E-state index < -0.39 is 0 Å². The fourth-order valence-electron chi connectivity index (χ4n) is 3.48. The summed E-state index contributed by atoms with van der Waals surface area (Å²) in [4.78, 5) is 22.9. The highest BCUT2D eigenvalue weighted by atomic mass is 79.9. The molecule has 6 nitrogen and oxygen atoms in total. The third kappa shape index (κ3) is 3.44. The van der Waals surface area contributed by atoms with Crippen LogP contribution in [0, 0.1) is 0 Å². The Hall–Kier alpha value is -2.41. The average Bonchev–Trinajstić information content (AvgIpc) is 3.20. The van der Waals surface area contributed by atoms with Gasteiger partial charge in [0.2, 0.25) is 11.9 Å². The van der Waals surface area contributed by atoms with Gasteiger partial charge in [-0.05, 0) is 34.0 Å². The van der Waals surface area contributed by atoms with Crippen molar-refractivity contribution in [3.63, 3.8) is 0 Å². The van der Waals surface area contributed by atoms with Crippen molar-refractivity contribution in [1.29, 1.82) is 0 Å². The molecule has 0 unspecified atom stereocenters. The van der Waals surface area contributed by atoms with Gasteiger partial charge in [0.25, 0.3) is 0 Å². The number of halogens is 1. The number of hydrogen-bond donors (Lipinski definition) is 1. The van der Waals surface area contributed by atoms with Gasteiger partial charge in [0.15, 0.2) is 5.65 Å². The van der Waals surface area contributed by atoms with Crippen molar-refractivity contribution in [2.45, 2.75) is 25.9 Å². The SMILES string of the molecule is CC(=O)N[C@@H]1CCN(c2nc3ncc(Br)cc3n2Cc2ccccc2)C1. The Kier molecular flexibility index (Phi) is 4.63. The van der Waals surface area contributed by atoms with Crippen molar-refractivity contribution in [2.24, 2.45) is 0 Å². The molecule has 0 radical (unpaired) electrons. The van der Waals surface area contributed by atoms with Crippen LogP contribution >= 0.6 is 15.9 Å². The monoisotopic (exact) mass is 413 g/mol. The quantitative estimate of drug-likeness (QED) is 0.713. The maximum atomic E-state index is 11.4.